The van der Waals surface area contributed by atoms with E-state index in [2.05, 4.69) is 35.3 Å². The van der Waals surface area contributed by atoms with Crippen molar-refractivity contribution in [1.29, 1.82) is 0 Å². The van der Waals surface area contributed by atoms with Crippen molar-refractivity contribution >= 4 is 11.8 Å². The Bertz CT molecular complexity index is 623. The number of carbonyl (C=O) groups is 2. The molecule has 5 heteroatoms. The minimum Gasteiger partial charge on any atom is -0.353 e. The fourth-order valence-corrected chi connectivity index (χ4v) is 3.92. The van der Waals surface area contributed by atoms with Gasteiger partial charge in [0, 0.05) is 39.1 Å². The number of piperidine rings is 1. The van der Waals surface area contributed by atoms with Crippen molar-refractivity contribution < 1.29 is 9.59 Å². The molecule has 136 valence electrons. The van der Waals surface area contributed by atoms with Crippen LogP contribution in [0.4, 0.5) is 0 Å². The first-order chi connectivity index (χ1) is 12.0. The number of hydrogen-bond donors (Lipinski definition) is 1. The summed E-state index contributed by atoms with van der Waals surface area (Å²) in [5.41, 5.74) is 2.45. The molecule has 2 aliphatic heterocycles. The number of nitrogens with zero attached hydrogens (tertiary/aromatic N) is 2. The molecule has 0 spiro atoms. The predicted molar refractivity (Wildman–Crippen MR) is 98.3 cm³/mol. The molecule has 2 aliphatic rings. The average molecular weight is 343 g/mol. The van der Waals surface area contributed by atoms with E-state index in [9.17, 15) is 9.59 Å². The second kappa shape index (κ2) is 8.00. The van der Waals surface area contributed by atoms with Crippen LogP contribution in [-0.4, -0.2) is 60.4 Å². The van der Waals surface area contributed by atoms with Crippen molar-refractivity contribution in [2.24, 2.45) is 0 Å². The zero-order valence-corrected chi connectivity index (χ0v) is 15.3. The second-order valence-electron chi connectivity index (χ2n) is 7.43. The number of rotatable bonds is 5. The van der Waals surface area contributed by atoms with Gasteiger partial charge in [-0.2, -0.15) is 0 Å². The first-order valence-electron chi connectivity index (χ1n) is 9.37. The van der Waals surface area contributed by atoms with Gasteiger partial charge in [-0.1, -0.05) is 29.8 Å². The number of aryl methyl sites for hydroxylation is 2. The summed E-state index contributed by atoms with van der Waals surface area (Å²) in [7, 11) is 1.88. The summed E-state index contributed by atoms with van der Waals surface area (Å²) in [6, 6.07) is 8.64. The second-order valence-corrected chi connectivity index (χ2v) is 7.43. The van der Waals surface area contributed by atoms with E-state index in [1.807, 2.05) is 18.0 Å². The summed E-state index contributed by atoms with van der Waals surface area (Å²) in [5, 5.41) is 3.17. The molecule has 0 aromatic heterocycles. The molecule has 0 unspecified atom stereocenters. The monoisotopic (exact) mass is 343 g/mol. The topological polar surface area (TPSA) is 52.7 Å². The molecule has 0 bridgehead atoms. The summed E-state index contributed by atoms with van der Waals surface area (Å²) in [6.07, 6.45) is 4.13. The zero-order valence-electron chi connectivity index (χ0n) is 15.3. The van der Waals surface area contributed by atoms with Crippen LogP contribution in [-0.2, 0) is 16.0 Å². The number of carbonyl (C=O) groups excluding carboxylic acids is 2. The molecule has 0 saturated carbocycles. The third-order valence-corrected chi connectivity index (χ3v) is 5.46. The Balaban J connectivity index is 1.40. The predicted octanol–water partition coefficient (Wildman–Crippen LogP) is 1.74. The van der Waals surface area contributed by atoms with E-state index >= 15 is 0 Å². The molecule has 1 N–H and O–H groups in total. The molecule has 1 aromatic carbocycles. The van der Waals surface area contributed by atoms with Gasteiger partial charge in [0.05, 0.1) is 6.04 Å². The normalized spacial score (nSPS) is 22.4. The molecule has 2 heterocycles. The van der Waals surface area contributed by atoms with Crippen LogP contribution >= 0.6 is 0 Å². The van der Waals surface area contributed by atoms with E-state index in [1.54, 1.807) is 0 Å². The van der Waals surface area contributed by atoms with Gasteiger partial charge in [0.25, 0.3) is 0 Å². The first-order valence-corrected chi connectivity index (χ1v) is 9.37. The molecule has 1 aromatic rings. The number of amides is 2. The summed E-state index contributed by atoms with van der Waals surface area (Å²) < 4.78 is 0. The Morgan fingerprint density at radius 3 is 2.60 bits per heavy atom. The summed E-state index contributed by atoms with van der Waals surface area (Å²) in [5.74, 6) is 0.386. The molecular formula is C20H29N3O2. The Labute approximate surface area is 150 Å². The molecule has 2 amide bonds. The maximum absolute atomic E-state index is 12.2. The Kier molecular flexibility index (Phi) is 5.74. The maximum atomic E-state index is 12.2. The standard InChI is InChI=1S/C20H29N3O2/c1-15-4-3-5-16(14-15)6-7-19(24)21-17-8-12-23(13-9-17)18-10-11-22(2)20(18)25/h3-5,14,17-18H,6-13H2,1-2H3,(H,21,24)/t18-/m1/s1. The highest BCUT2D eigenvalue weighted by Crippen LogP contribution is 2.20. The van der Waals surface area contributed by atoms with Crippen molar-refractivity contribution in [2.75, 3.05) is 26.7 Å². The van der Waals surface area contributed by atoms with Crippen LogP contribution in [0.5, 0.6) is 0 Å². The lowest BCUT2D eigenvalue weighted by atomic mass is 10.0. The zero-order chi connectivity index (χ0) is 17.8. The van der Waals surface area contributed by atoms with Crippen LogP contribution in [0.25, 0.3) is 0 Å². The van der Waals surface area contributed by atoms with E-state index in [-0.39, 0.29) is 23.9 Å². The van der Waals surface area contributed by atoms with Gasteiger partial charge in [-0.05, 0) is 38.2 Å². The van der Waals surface area contributed by atoms with E-state index < -0.39 is 0 Å². The molecule has 1 atom stereocenters. The Hall–Kier alpha value is -1.88. The lowest BCUT2D eigenvalue weighted by Gasteiger charge is -2.35. The molecule has 2 saturated heterocycles. The van der Waals surface area contributed by atoms with Crippen molar-refractivity contribution in [3.63, 3.8) is 0 Å². The number of hydrogen-bond acceptors (Lipinski definition) is 3. The Morgan fingerprint density at radius 2 is 1.96 bits per heavy atom. The molecule has 5 nitrogen and oxygen atoms in total. The molecule has 3 rings (SSSR count). The van der Waals surface area contributed by atoms with Crippen LogP contribution < -0.4 is 5.32 Å². The van der Waals surface area contributed by atoms with Crippen LogP contribution in [0.2, 0.25) is 0 Å². The minimum atomic E-state index is 0.0583. The fourth-order valence-electron chi connectivity index (χ4n) is 3.92. The Morgan fingerprint density at radius 1 is 1.20 bits per heavy atom. The highest BCUT2D eigenvalue weighted by molar-refractivity contribution is 5.83. The molecule has 0 aliphatic carbocycles. The van der Waals surface area contributed by atoms with Crippen LogP contribution in [0.15, 0.2) is 24.3 Å². The van der Waals surface area contributed by atoms with Gasteiger partial charge in [0.2, 0.25) is 11.8 Å². The lowest BCUT2D eigenvalue weighted by Crippen LogP contribution is -2.50. The van der Waals surface area contributed by atoms with Crippen molar-refractivity contribution in [3.8, 4) is 0 Å². The number of benzene rings is 1. The van der Waals surface area contributed by atoms with Crippen LogP contribution in [0.1, 0.15) is 36.8 Å². The third-order valence-electron chi connectivity index (χ3n) is 5.46. The summed E-state index contributed by atoms with van der Waals surface area (Å²) in [4.78, 5) is 28.5. The van der Waals surface area contributed by atoms with Gasteiger partial charge in [-0.15, -0.1) is 0 Å². The van der Waals surface area contributed by atoms with Gasteiger partial charge in [0.1, 0.15) is 0 Å². The quantitative estimate of drug-likeness (QED) is 0.886. The molecule has 0 radical (unpaired) electrons. The summed E-state index contributed by atoms with van der Waals surface area (Å²) in [6.45, 7) is 4.73. The van der Waals surface area contributed by atoms with Gasteiger partial charge in [-0.3, -0.25) is 14.5 Å². The lowest BCUT2D eigenvalue weighted by molar-refractivity contribution is -0.131. The fraction of sp³-hybridized carbons (Fsp3) is 0.600. The van der Waals surface area contributed by atoms with E-state index in [0.29, 0.717) is 6.42 Å². The molecule has 2 fully saturated rings. The summed E-state index contributed by atoms with van der Waals surface area (Å²) >= 11 is 0. The van der Waals surface area contributed by atoms with Crippen LogP contribution in [0.3, 0.4) is 0 Å². The highest BCUT2D eigenvalue weighted by atomic mass is 16.2. The van der Waals surface area contributed by atoms with Crippen molar-refractivity contribution in [3.05, 3.63) is 35.4 Å². The maximum Gasteiger partial charge on any atom is 0.239 e. The van der Waals surface area contributed by atoms with E-state index in [0.717, 1.165) is 45.3 Å². The van der Waals surface area contributed by atoms with Crippen molar-refractivity contribution in [1.82, 2.24) is 15.1 Å². The smallest absolute Gasteiger partial charge is 0.239 e. The van der Waals surface area contributed by atoms with Gasteiger partial charge >= 0.3 is 0 Å². The SMILES string of the molecule is Cc1cccc(CCC(=O)NC2CCN([C@@H]3CCN(C)C3=O)CC2)c1. The molecular weight excluding hydrogens is 314 g/mol. The first kappa shape index (κ1) is 17.9. The van der Waals surface area contributed by atoms with Crippen molar-refractivity contribution in [2.45, 2.75) is 51.1 Å². The number of likely N-dealkylation sites (tertiary alicyclic amines) is 2. The number of likely N-dealkylation sites (N-methyl/N-ethyl adjacent to an activating group) is 1. The molecule has 25 heavy (non-hydrogen) atoms. The minimum absolute atomic E-state index is 0.0583. The largest absolute Gasteiger partial charge is 0.353 e. The third kappa shape index (κ3) is 4.60. The van der Waals surface area contributed by atoms with E-state index in [4.69, 9.17) is 0 Å². The number of nitrogens with one attached hydrogen (secondary N) is 1. The van der Waals surface area contributed by atoms with Gasteiger partial charge < -0.3 is 10.2 Å². The van der Waals surface area contributed by atoms with Gasteiger partial charge in [0.15, 0.2) is 0 Å². The van der Waals surface area contributed by atoms with Crippen LogP contribution in [0, 0.1) is 6.92 Å². The average Bonchev–Trinajstić information content (AvgIpc) is 2.93. The highest BCUT2D eigenvalue weighted by Gasteiger charge is 2.35. The van der Waals surface area contributed by atoms with E-state index in [1.165, 1.54) is 11.1 Å². The van der Waals surface area contributed by atoms with Gasteiger partial charge in [-0.25, -0.2) is 0 Å².